The molecule has 5 heteroatoms. The van der Waals surface area contributed by atoms with Crippen LogP contribution in [-0.2, 0) is 9.84 Å². The lowest BCUT2D eigenvalue weighted by molar-refractivity contribution is 0.205. The van der Waals surface area contributed by atoms with E-state index in [-0.39, 0.29) is 6.04 Å². The van der Waals surface area contributed by atoms with Crippen LogP contribution in [0, 0.1) is 11.8 Å². The Bertz CT molecular complexity index is 344. The molecule has 1 atom stereocenters. The largest absolute Gasteiger partial charge is 0.271 e. The normalized spacial score (nSPS) is 29.0. The first-order valence-corrected chi connectivity index (χ1v) is 8.25. The summed E-state index contributed by atoms with van der Waals surface area (Å²) in [5, 5.41) is 0. The number of nitrogens with one attached hydrogen (secondary N) is 1. The van der Waals surface area contributed by atoms with Crippen molar-refractivity contribution in [2.24, 2.45) is 17.7 Å². The van der Waals surface area contributed by atoms with E-state index in [4.69, 9.17) is 5.84 Å². The molecule has 1 saturated carbocycles. The van der Waals surface area contributed by atoms with Gasteiger partial charge in [-0.2, -0.15) is 0 Å². The zero-order valence-electron chi connectivity index (χ0n) is 11.4. The minimum atomic E-state index is -3.12. The summed E-state index contributed by atoms with van der Waals surface area (Å²) in [5.74, 6) is 6.72. The van der Waals surface area contributed by atoms with Crippen LogP contribution < -0.4 is 11.3 Å². The molecule has 0 radical (unpaired) electrons. The van der Waals surface area contributed by atoms with E-state index in [9.17, 15) is 8.42 Å². The highest BCUT2D eigenvalue weighted by atomic mass is 32.2. The Morgan fingerprint density at radius 2 is 1.71 bits per heavy atom. The first-order valence-electron chi connectivity index (χ1n) is 6.36. The second-order valence-electron chi connectivity index (χ2n) is 6.04. The van der Waals surface area contributed by atoms with Gasteiger partial charge in [-0.25, -0.2) is 8.42 Å². The van der Waals surface area contributed by atoms with Gasteiger partial charge in [0.1, 0.15) is 0 Å². The number of rotatable bonds is 4. The summed E-state index contributed by atoms with van der Waals surface area (Å²) in [6.07, 6.45) is 5.76. The van der Waals surface area contributed by atoms with Crippen LogP contribution >= 0.6 is 0 Å². The van der Waals surface area contributed by atoms with Crippen LogP contribution in [0.2, 0.25) is 0 Å². The quantitative estimate of drug-likeness (QED) is 0.594. The minimum absolute atomic E-state index is 0.162. The number of hydrogen-bond acceptors (Lipinski definition) is 4. The molecule has 0 saturated heterocycles. The van der Waals surface area contributed by atoms with Crippen LogP contribution in [0.1, 0.15) is 46.5 Å². The van der Waals surface area contributed by atoms with Crippen LogP contribution in [0.3, 0.4) is 0 Å². The van der Waals surface area contributed by atoms with Crippen LogP contribution in [-0.4, -0.2) is 25.5 Å². The molecule has 1 aliphatic carbocycles. The maximum absolute atomic E-state index is 11.9. The van der Waals surface area contributed by atoms with Gasteiger partial charge in [-0.1, -0.05) is 19.8 Å². The molecule has 0 spiro atoms. The van der Waals surface area contributed by atoms with E-state index in [0.29, 0.717) is 5.92 Å². The summed E-state index contributed by atoms with van der Waals surface area (Å²) in [6.45, 7) is 5.79. The Balaban J connectivity index is 2.85. The van der Waals surface area contributed by atoms with Gasteiger partial charge in [0.25, 0.3) is 0 Å². The van der Waals surface area contributed by atoms with E-state index in [1.165, 1.54) is 19.1 Å². The van der Waals surface area contributed by atoms with Crippen molar-refractivity contribution in [3.05, 3.63) is 0 Å². The summed E-state index contributed by atoms with van der Waals surface area (Å²) in [4.78, 5) is 0. The van der Waals surface area contributed by atoms with E-state index in [2.05, 4.69) is 12.3 Å². The highest BCUT2D eigenvalue weighted by Gasteiger charge is 2.43. The predicted octanol–water partition coefficient (Wildman–Crippen LogP) is 1.47. The van der Waals surface area contributed by atoms with E-state index < -0.39 is 14.6 Å². The van der Waals surface area contributed by atoms with Crippen molar-refractivity contribution < 1.29 is 8.42 Å². The summed E-state index contributed by atoms with van der Waals surface area (Å²) < 4.78 is 22.9. The van der Waals surface area contributed by atoms with Crippen molar-refractivity contribution >= 4 is 9.84 Å². The highest BCUT2D eigenvalue weighted by Crippen LogP contribution is 2.35. The topological polar surface area (TPSA) is 72.2 Å². The van der Waals surface area contributed by atoms with Crippen molar-refractivity contribution in [3.63, 3.8) is 0 Å². The molecule has 17 heavy (non-hydrogen) atoms. The average Bonchev–Trinajstić information content (AvgIpc) is 2.20. The van der Waals surface area contributed by atoms with E-state index in [0.717, 1.165) is 18.8 Å². The van der Waals surface area contributed by atoms with Gasteiger partial charge in [-0.05, 0) is 38.5 Å². The maximum atomic E-state index is 11.9. The third kappa shape index (κ3) is 3.20. The predicted molar refractivity (Wildman–Crippen MR) is 71.2 cm³/mol. The molecular weight excluding hydrogens is 236 g/mol. The fourth-order valence-corrected chi connectivity index (χ4v) is 3.48. The molecule has 0 aromatic carbocycles. The van der Waals surface area contributed by atoms with Crippen LogP contribution in [0.15, 0.2) is 0 Å². The zero-order valence-corrected chi connectivity index (χ0v) is 12.2. The summed E-state index contributed by atoms with van der Waals surface area (Å²) in [5.41, 5.74) is 2.75. The van der Waals surface area contributed by atoms with Gasteiger partial charge in [-0.3, -0.25) is 11.3 Å². The standard InChI is InChI=1S/C12H26N2O2S/c1-9-5-7-10(8-6-9)11(14-13)12(2,3)17(4,15)16/h9-11,14H,5-8,13H2,1-4H3. The number of nitrogens with two attached hydrogens (primary N) is 1. The third-order valence-electron chi connectivity index (χ3n) is 4.42. The van der Waals surface area contributed by atoms with Gasteiger partial charge in [0.15, 0.2) is 9.84 Å². The summed E-state index contributed by atoms with van der Waals surface area (Å²) >= 11 is 0. The lowest BCUT2D eigenvalue weighted by atomic mass is 9.76. The zero-order chi connectivity index (χ0) is 13.3. The Morgan fingerprint density at radius 3 is 2.06 bits per heavy atom. The number of sulfone groups is 1. The van der Waals surface area contributed by atoms with Crippen molar-refractivity contribution in [3.8, 4) is 0 Å². The average molecular weight is 262 g/mol. The lowest BCUT2D eigenvalue weighted by Crippen LogP contribution is -2.58. The van der Waals surface area contributed by atoms with Gasteiger partial charge >= 0.3 is 0 Å². The summed E-state index contributed by atoms with van der Waals surface area (Å²) in [7, 11) is -3.12. The molecular formula is C12H26N2O2S. The molecule has 4 nitrogen and oxygen atoms in total. The van der Waals surface area contributed by atoms with Gasteiger partial charge in [0.05, 0.1) is 4.75 Å². The Morgan fingerprint density at radius 1 is 1.24 bits per heavy atom. The van der Waals surface area contributed by atoms with Gasteiger partial charge < -0.3 is 0 Å². The summed E-state index contributed by atoms with van der Waals surface area (Å²) in [6, 6.07) is -0.162. The van der Waals surface area contributed by atoms with Crippen molar-refractivity contribution in [1.82, 2.24) is 5.43 Å². The first-order chi connectivity index (χ1) is 7.70. The van der Waals surface area contributed by atoms with E-state index >= 15 is 0 Å². The Labute approximate surface area is 105 Å². The molecule has 102 valence electrons. The molecule has 3 N–H and O–H groups in total. The number of hydrogen-bond donors (Lipinski definition) is 2. The molecule has 0 heterocycles. The minimum Gasteiger partial charge on any atom is -0.271 e. The Kier molecular flexibility index (Phi) is 4.60. The van der Waals surface area contributed by atoms with Gasteiger partial charge in [0, 0.05) is 12.3 Å². The second kappa shape index (κ2) is 5.24. The molecule has 0 aromatic heterocycles. The number of hydrazine groups is 1. The molecule has 1 fully saturated rings. The second-order valence-corrected chi connectivity index (χ2v) is 8.64. The monoisotopic (exact) mass is 262 g/mol. The molecule has 0 bridgehead atoms. The smallest absolute Gasteiger partial charge is 0.154 e. The Hall–Kier alpha value is -0.130. The highest BCUT2D eigenvalue weighted by molar-refractivity contribution is 7.92. The third-order valence-corrected chi connectivity index (χ3v) is 6.58. The SMILES string of the molecule is CC1CCC(C(NN)C(C)(C)S(C)(=O)=O)CC1. The molecule has 1 aliphatic rings. The molecule has 0 aromatic rings. The fraction of sp³-hybridized carbons (Fsp3) is 1.00. The van der Waals surface area contributed by atoms with Crippen molar-refractivity contribution in [2.45, 2.75) is 57.2 Å². The van der Waals surface area contributed by atoms with Crippen molar-refractivity contribution in [2.75, 3.05) is 6.26 Å². The van der Waals surface area contributed by atoms with Gasteiger partial charge in [0.2, 0.25) is 0 Å². The lowest BCUT2D eigenvalue weighted by Gasteiger charge is -2.40. The fourth-order valence-electron chi connectivity index (χ4n) is 2.75. The maximum Gasteiger partial charge on any atom is 0.154 e. The van der Waals surface area contributed by atoms with E-state index in [1.807, 2.05) is 0 Å². The molecule has 1 unspecified atom stereocenters. The van der Waals surface area contributed by atoms with Crippen molar-refractivity contribution in [1.29, 1.82) is 0 Å². The molecule has 1 rings (SSSR count). The molecule has 0 amide bonds. The first kappa shape index (κ1) is 14.9. The van der Waals surface area contributed by atoms with E-state index in [1.54, 1.807) is 13.8 Å². The van der Waals surface area contributed by atoms with Crippen LogP contribution in [0.4, 0.5) is 0 Å². The van der Waals surface area contributed by atoms with Gasteiger partial charge in [-0.15, -0.1) is 0 Å². The molecule has 0 aliphatic heterocycles. The van der Waals surface area contributed by atoms with Crippen LogP contribution in [0.25, 0.3) is 0 Å². The van der Waals surface area contributed by atoms with Crippen LogP contribution in [0.5, 0.6) is 0 Å².